The van der Waals surface area contributed by atoms with Gasteiger partial charge in [-0.2, -0.15) is 0 Å². The Morgan fingerprint density at radius 2 is 0.411 bits per heavy atom. The zero-order valence-corrected chi connectivity index (χ0v) is 30.4. The predicted octanol–water partition coefficient (Wildman–Crippen LogP) is 14.8. The Bertz CT molecular complexity index is 3330. The normalized spacial score (nSPS) is 12.3. The molecule has 0 aliphatic heterocycles. The fraction of sp³-hybridized carbons (Fsp3) is 0. The van der Waals surface area contributed by atoms with E-state index in [0.29, 0.717) is 0 Å². The largest absolute Gasteiger partial charge is 0.308 e. The fourth-order valence-corrected chi connectivity index (χ4v) is 10.1. The van der Waals surface area contributed by atoms with E-state index in [0.717, 1.165) is 0 Å². The summed E-state index contributed by atoms with van der Waals surface area (Å²) in [5.41, 5.74) is 7.28. The average Bonchev–Trinajstić information content (AvgIpc) is 3.79. The second-order valence-electron chi connectivity index (χ2n) is 15.2. The SMILES string of the molecule is c1ccc2c(c1)ccc1c2c2c3ccccc3ccc2n1-c1c2ccccc2c(-n2c3ccc4ccccc4c3c3c4ccccc4ccc32)c2ccccc12. The number of nitrogens with zero attached hydrogens (tertiary/aromatic N) is 2. The fourth-order valence-electron chi connectivity index (χ4n) is 10.1. The van der Waals surface area contributed by atoms with Crippen LogP contribution in [0.2, 0.25) is 0 Å². The van der Waals surface area contributed by atoms with Crippen molar-refractivity contribution in [1.29, 1.82) is 0 Å². The Kier molecular flexibility index (Phi) is 5.92. The van der Waals surface area contributed by atoms with Gasteiger partial charge in [0.2, 0.25) is 0 Å². The van der Waals surface area contributed by atoms with E-state index >= 15 is 0 Å². The van der Waals surface area contributed by atoms with Crippen molar-refractivity contribution in [3.8, 4) is 11.4 Å². The van der Waals surface area contributed by atoms with Crippen molar-refractivity contribution in [3.05, 3.63) is 194 Å². The highest BCUT2D eigenvalue weighted by Crippen LogP contribution is 2.48. The average molecular weight is 709 g/mol. The number of hydrogen-bond donors (Lipinski definition) is 0. The third kappa shape index (κ3) is 3.85. The van der Waals surface area contributed by atoms with Gasteiger partial charge in [0, 0.05) is 43.1 Å². The summed E-state index contributed by atoms with van der Waals surface area (Å²) in [6, 6.07) is 72.1. The highest BCUT2D eigenvalue weighted by Gasteiger charge is 2.25. The quantitative estimate of drug-likeness (QED) is 0.158. The van der Waals surface area contributed by atoms with Crippen LogP contribution in [0.4, 0.5) is 0 Å². The molecular formula is C54H32N2. The van der Waals surface area contributed by atoms with E-state index in [1.54, 1.807) is 0 Å². The van der Waals surface area contributed by atoms with Gasteiger partial charge >= 0.3 is 0 Å². The maximum atomic E-state index is 2.56. The lowest BCUT2D eigenvalue weighted by Crippen LogP contribution is -2.02. The second-order valence-corrected chi connectivity index (χ2v) is 15.2. The molecule has 0 spiro atoms. The molecule has 0 radical (unpaired) electrons. The first-order valence-electron chi connectivity index (χ1n) is 19.4. The van der Waals surface area contributed by atoms with Crippen molar-refractivity contribution in [2.75, 3.05) is 0 Å². The molecule has 0 N–H and O–H groups in total. The van der Waals surface area contributed by atoms with Crippen molar-refractivity contribution >= 4 is 108 Å². The van der Waals surface area contributed by atoms with Gasteiger partial charge in [0.15, 0.2) is 0 Å². The van der Waals surface area contributed by atoms with E-state index in [1.807, 2.05) is 0 Å². The first-order chi connectivity index (χ1) is 27.8. The van der Waals surface area contributed by atoms with Gasteiger partial charge in [-0.3, -0.25) is 0 Å². The lowest BCUT2D eigenvalue weighted by atomic mass is 9.97. The zero-order valence-electron chi connectivity index (χ0n) is 30.4. The third-order valence-electron chi connectivity index (χ3n) is 12.4. The number of benzene rings is 11. The van der Waals surface area contributed by atoms with Crippen LogP contribution in [0.5, 0.6) is 0 Å². The first-order valence-corrected chi connectivity index (χ1v) is 19.4. The Labute approximate surface area is 321 Å². The van der Waals surface area contributed by atoms with Crippen molar-refractivity contribution in [2.24, 2.45) is 0 Å². The van der Waals surface area contributed by atoms with E-state index < -0.39 is 0 Å². The standard InChI is InChI=1S/C54H32N2/c1-5-17-37-33(13-1)25-29-45-49(37)50-38-18-6-2-14-34(38)26-30-46(50)55(45)53-41-21-9-11-23-43(41)54(44-24-12-10-22-42(44)53)56-47-31-27-35-15-3-7-19-39(35)51(47)52-40-20-8-4-16-36(40)28-32-48(52)56/h1-32H. The molecule has 56 heavy (non-hydrogen) atoms. The molecule has 0 aliphatic carbocycles. The topological polar surface area (TPSA) is 9.86 Å². The molecule has 0 atom stereocenters. The summed E-state index contributed by atoms with van der Waals surface area (Å²) in [4.78, 5) is 0. The minimum Gasteiger partial charge on any atom is -0.308 e. The van der Waals surface area contributed by atoms with E-state index in [-0.39, 0.29) is 0 Å². The van der Waals surface area contributed by atoms with Crippen LogP contribution in [-0.2, 0) is 0 Å². The van der Waals surface area contributed by atoms with Gasteiger partial charge in [0.1, 0.15) is 0 Å². The van der Waals surface area contributed by atoms with Crippen molar-refractivity contribution < 1.29 is 0 Å². The van der Waals surface area contributed by atoms with Crippen LogP contribution < -0.4 is 0 Å². The van der Waals surface area contributed by atoms with Gasteiger partial charge in [0.25, 0.3) is 0 Å². The predicted molar refractivity (Wildman–Crippen MR) is 240 cm³/mol. The highest BCUT2D eigenvalue weighted by atomic mass is 15.0. The number of hydrogen-bond acceptors (Lipinski definition) is 0. The summed E-state index contributed by atoms with van der Waals surface area (Å²) in [6.45, 7) is 0. The monoisotopic (exact) mass is 708 g/mol. The summed E-state index contributed by atoms with van der Waals surface area (Å²) in [7, 11) is 0. The lowest BCUT2D eigenvalue weighted by Gasteiger charge is -2.21. The van der Waals surface area contributed by atoms with Crippen molar-refractivity contribution in [2.45, 2.75) is 0 Å². The van der Waals surface area contributed by atoms with Crippen molar-refractivity contribution in [1.82, 2.24) is 9.13 Å². The molecule has 0 bridgehead atoms. The summed E-state index contributed by atoms with van der Waals surface area (Å²) < 4.78 is 5.12. The van der Waals surface area contributed by atoms with Crippen LogP contribution >= 0.6 is 0 Å². The third-order valence-corrected chi connectivity index (χ3v) is 12.4. The second kappa shape index (κ2) is 11.1. The Morgan fingerprint density at radius 3 is 0.661 bits per heavy atom. The van der Waals surface area contributed by atoms with Crippen LogP contribution in [0, 0.1) is 0 Å². The van der Waals surface area contributed by atoms with Gasteiger partial charge < -0.3 is 9.13 Å². The van der Waals surface area contributed by atoms with Gasteiger partial charge in [-0.15, -0.1) is 0 Å². The van der Waals surface area contributed by atoms with Gasteiger partial charge in [-0.1, -0.05) is 170 Å². The van der Waals surface area contributed by atoms with E-state index in [4.69, 9.17) is 0 Å². The molecule has 2 heteroatoms. The minimum absolute atomic E-state index is 1.21. The molecule has 2 aromatic heterocycles. The van der Waals surface area contributed by atoms with Crippen LogP contribution in [0.1, 0.15) is 0 Å². The molecule has 258 valence electrons. The zero-order chi connectivity index (χ0) is 36.5. The summed E-state index contributed by atoms with van der Waals surface area (Å²) in [5.74, 6) is 0. The van der Waals surface area contributed by atoms with Crippen LogP contribution in [0.3, 0.4) is 0 Å². The molecule has 0 amide bonds. The molecule has 13 rings (SSSR count). The number of aromatic nitrogens is 2. The molecule has 0 unspecified atom stereocenters. The molecule has 0 aliphatic rings. The van der Waals surface area contributed by atoms with E-state index in [2.05, 4.69) is 203 Å². The first kappa shape index (κ1) is 30.0. The number of rotatable bonds is 2. The molecular weight excluding hydrogens is 677 g/mol. The van der Waals surface area contributed by atoms with Crippen LogP contribution in [0.25, 0.3) is 120 Å². The van der Waals surface area contributed by atoms with Gasteiger partial charge in [0.05, 0.1) is 33.4 Å². The van der Waals surface area contributed by atoms with Gasteiger partial charge in [-0.05, 0) is 67.4 Å². The molecule has 0 fully saturated rings. The molecule has 2 heterocycles. The Hall–Kier alpha value is -7.42. The van der Waals surface area contributed by atoms with Gasteiger partial charge in [-0.25, -0.2) is 0 Å². The molecule has 0 saturated heterocycles. The van der Waals surface area contributed by atoms with E-state index in [1.165, 1.54) is 120 Å². The van der Waals surface area contributed by atoms with Crippen LogP contribution in [-0.4, -0.2) is 9.13 Å². The van der Waals surface area contributed by atoms with Crippen LogP contribution in [0.15, 0.2) is 194 Å². The summed E-state index contributed by atoms with van der Waals surface area (Å²) >= 11 is 0. The Balaban J connectivity index is 1.25. The lowest BCUT2D eigenvalue weighted by molar-refractivity contribution is 1.19. The van der Waals surface area contributed by atoms with Crippen molar-refractivity contribution in [3.63, 3.8) is 0 Å². The smallest absolute Gasteiger partial charge is 0.0620 e. The summed E-state index contributed by atoms with van der Waals surface area (Å²) in [5, 5.41) is 20.2. The number of fused-ring (bicyclic) bond motifs is 16. The summed E-state index contributed by atoms with van der Waals surface area (Å²) in [6.07, 6.45) is 0. The molecule has 2 nitrogen and oxygen atoms in total. The minimum atomic E-state index is 1.21. The Morgan fingerprint density at radius 1 is 0.196 bits per heavy atom. The molecule has 0 saturated carbocycles. The molecule has 13 aromatic rings. The maximum absolute atomic E-state index is 2.56. The van der Waals surface area contributed by atoms with E-state index in [9.17, 15) is 0 Å². The maximum Gasteiger partial charge on any atom is 0.0620 e. The highest BCUT2D eigenvalue weighted by molar-refractivity contribution is 6.32. The molecule has 11 aromatic carbocycles.